The Hall–Kier alpha value is -3.07. The number of nitro groups is 1. The van der Waals surface area contributed by atoms with E-state index in [0.29, 0.717) is 0 Å². The molecular formula is C27H23BrNO2P. The molecule has 0 amide bonds. The molecule has 0 aliphatic heterocycles. The van der Waals surface area contributed by atoms with Gasteiger partial charge in [-0.05, 0) is 47.5 Å². The van der Waals surface area contributed by atoms with Crippen LogP contribution in [0.3, 0.4) is 0 Å². The molecule has 0 saturated heterocycles. The molecular weight excluding hydrogens is 481 g/mol. The van der Waals surface area contributed by atoms with Crippen molar-refractivity contribution in [3.63, 3.8) is 0 Å². The normalized spacial score (nSPS) is 11.1. The quantitative estimate of drug-likeness (QED) is 0.221. The standard InChI is InChI=1S/C27H23NO2P.BrH/c29-28(30)21-20-23-16-18-24(19-17-23)22-31(25-10-4-1-5-11-25,26-12-6-2-7-13-26)27-14-8-3-9-15-27;/h1-21H,22H2;1H/q+1;/p-1. The molecule has 0 radical (unpaired) electrons. The van der Waals surface area contributed by atoms with E-state index in [9.17, 15) is 10.1 Å². The molecule has 0 aromatic heterocycles. The molecule has 160 valence electrons. The zero-order chi connectivity index (χ0) is 21.5. The van der Waals surface area contributed by atoms with Gasteiger partial charge in [0, 0.05) is 6.08 Å². The van der Waals surface area contributed by atoms with Crippen molar-refractivity contribution in [2.75, 3.05) is 0 Å². The Balaban J connectivity index is 0.00000289. The van der Waals surface area contributed by atoms with E-state index >= 15 is 0 Å². The molecule has 0 fully saturated rings. The van der Waals surface area contributed by atoms with Gasteiger partial charge in [-0.2, -0.15) is 0 Å². The lowest BCUT2D eigenvalue weighted by molar-refractivity contribution is -0.400. The third-order valence-corrected chi connectivity index (χ3v) is 9.76. The lowest BCUT2D eigenvalue weighted by atomic mass is 10.1. The first kappa shape index (κ1) is 23.6. The average Bonchev–Trinajstić information content (AvgIpc) is 2.83. The second-order valence-corrected chi connectivity index (χ2v) is 10.8. The Labute approximate surface area is 199 Å². The van der Waals surface area contributed by atoms with Crippen molar-refractivity contribution in [3.8, 4) is 0 Å². The fourth-order valence-electron chi connectivity index (χ4n) is 3.92. The second kappa shape index (κ2) is 11.0. The SMILES string of the molecule is O=[N+]([O-])C=Cc1ccc(C[P+](c2ccccc2)(c2ccccc2)c2ccccc2)cc1.[Br-]. The molecule has 0 saturated carbocycles. The third kappa shape index (κ3) is 5.21. The van der Waals surface area contributed by atoms with Crippen LogP contribution in [0.5, 0.6) is 0 Å². The molecule has 5 heteroatoms. The van der Waals surface area contributed by atoms with Gasteiger partial charge in [-0.3, -0.25) is 10.1 Å². The van der Waals surface area contributed by atoms with E-state index in [0.717, 1.165) is 17.9 Å². The summed E-state index contributed by atoms with van der Waals surface area (Å²) in [4.78, 5) is 10.2. The van der Waals surface area contributed by atoms with Crippen molar-refractivity contribution in [2.45, 2.75) is 6.16 Å². The van der Waals surface area contributed by atoms with Crippen LogP contribution >= 0.6 is 7.26 Å². The summed E-state index contributed by atoms with van der Waals surface area (Å²) in [5.41, 5.74) is 2.03. The Bertz CT molecular complexity index is 1070. The van der Waals surface area contributed by atoms with Gasteiger partial charge in [0.2, 0.25) is 6.20 Å². The van der Waals surface area contributed by atoms with Gasteiger partial charge in [-0.1, -0.05) is 78.9 Å². The summed E-state index contributed by atoms with van der Waals surface area (Å²) in [5, 5.41) is 14.6. The average molecular weight is 504 g/mol. The number of hydrogen-bond donors (Lipinski definition) is 0. The Morgan fingerprint density at radius 3 is 1.44 bits per heavy atom. The summed E-state index contributed by atoms with van der Waals surface area (Å²) in [5.74, 6) is 0. The number of benzene rings is 4. The van der Waals surface area contributed by atoms with E-state index in [1.807, 2.05) is 12.1 Å². The number of hydrogen-bond acceptors (Lipinski definition) is 2. The number of nitrogens with zero attached hydrogens (tertiary/aromatic N) is 1. The van der Waals surface area contributed by atoms with Gasteiger partial charge >= 0.3 is 0 Å². The van der Waals surface area contributed by atoms with Gasteiger partial charge in [0.05, 0.1) is 11.1 Å². The van der Waals surface area contributed by atoms with Crippen LogP contribution in [0.4, 0.5) is 0 Å². The topological polar surface area (TPSA) is 43.1 Å². The molecule has 4 aromatic rings. The molecule has 0 spiro atoms. The highest BCUT2D eigenvalue weighted by molar-refractivity contribution is 7.95. The minimum absolute atomic E-state index is 0. The van der Waals surface area contributed by atoms with Crippen LogP contribution in [0.2, 0.25) is 0 Å². The Morgan fingerprint density at radius 2 is 1.06 bits per heavy atom. The molecule has 0 aliphatic carbocycles. The Morgan fingerprint density at radius 1 is 0.656 bits per heavy atom. The molecule has 3 nitrogen and oxygen atoms in total. The van der Waals surface area contributed by atoms with Crippen LogP contribution in [-0.4, -0.2) is 4.92 Å². The van der Waals surface area contributed by atoms with Crippen molar-refractivity contribution in [2.24, 2.45) is 0 Å². The monoisotopic (exact) mass is 503 g/mol. The largest absolute Gasteiger partial charge is 1.00 e. The maximum absolute atomic E-state index is 10.6. The van der Waals surface area contributed by atoms with Gasteiger partial charge < -0.3 is 17.0 Å². The van der Waals surface area contributed by atoms with Crippen molar-refractivity contribution < 1.29 is 21.9 Å². The summed E-state index contributed by atoms with van der Waals surface area (Å²) < 4.78 is 0. The Kier molecular flexibility index (Phi) is 8.10. The highest BCUT2D eigenvalue weighted by Crippen LogP contribution is 2.58. The van der Waals surface area contributed by atoms with Crippen molar-refractivity contribution >= 4 is 29.3 Å². The molecule has 0 unspecified atom stereocenters. The molecule has 4 aromatic carbocycles. The van der Waals surface area contributed by atoms with E-state index in [2.05, 4.69) is 103 Å². The van der Waals surface area contributed by atoms with Crippen molar-refractivity contribution in [3.05, 3.63) is 143 Å². The predicted molar refractivity (Wildman–Crippen MR) is 131 cm³/mol. The lowest BCUT2D eigenvalue weighted by Crippen LogP contribution is -3.00. The summed E-state index contributed by atoms with van der Waals surface area (Å²) >= 11 is 0. The smallest absolute Gasteiger partial charge is 0.235 e. The van der Waals surface area contributed by atoms with Crippen LogP contribution in [0.25, 0.3) is 6.08 Å². The van der Waals surface area contributed by atoms with Crippen LogP contribution in [0.1, 0.15) is 11.1 Å². The molecule has 4 rings (SSSR count). The highest BCUT2D eigenvalue weighted by Gasteiger charge is 2.45. The van der Waals surface area contributed by atoms with Gasteiger partial charge in [-0.15, -0.1) is 0 Å². The summed E-state index contributed by atoms with van der Waals surface area (Å²) in [6.07, 6.45) is 3.38. The maximum atomic E-state index is 10.6. The molecule has 0 heterocycles. The number of rotatable bonds is 7. The van der Waals surface area contributed by atoms with E-state index in [1.165, 1.54) is 27.6 Å². The first-order valence-corrected chi connectivity index (χ1v) is 12.1. The fraction of sp³-hybridized carbons (Fsp3) is 0.0370. The van der Waals surface area contributed by atoms with Crippen LogP contribution in [0, 0.1) is 10.1 Å². The van der Waals surface area contributed by atoms with E-state index < -0.39 is 12.2 Å². The van der Waals surface area contributed by atoms with Gasteiger partial charge in [0.25, 0.3) is 0 Å². The molecule has 0 bridgehead atoms. The van der Waals surface area contributed by atoms with E-state index in [1.54, 1.807) is 0 Å². The summed E-state index contributed by atoms with van der Waals surface area (Å²) in [7, 11) is -1.95. The molecule has 32 heavy (non-hydrogen) atoms. The fourth-order valence-corrected chi connectivity index (χ4v) is 8.17. The second-order valence-electron chi connectivity index (χ2n) is 7.32. The highest BCUT2D eigenvalue weighted by atomic mass is 79.9. The maximum Gasteiger partial charge on any atom is 0.235 e. The lowest BCUT2D eigenvalue weighted by Gasteiger charge is -2.27. The van der Waals surface area contributed by atoms with Crippen LogP contribution < -0.4 is 32.9 Å². The zero-order valence-corrected chi connectivity index (χ0v) is 19.9. The predicted octanol–water partition coefficient (Wildman–Crippen LogP) is 2.43. The molecule has 0 N–H and O–H groups in total. The van der Waals surface area contributed by atoms with Gasteiger partial charge in [-0.25, -0.2) is 0 Å². The minimum Gasteiger partial charge on any atom is -1.00 e. The van der Waals surface area contributed by atoms with Crippen molar-refractivity contribution in [1.82, 2.24) is 0 Å². The zero-order valence-electron chi connectivity index (χ0n) is 17.4. The van der Waals surface area contributed by atoms with Crippen LogP contribution in [0.15, 0.2) is 121 Å². The third-order valence-electron chi connectivity index (χ3n) is 5.38. The molecule has 0 aliphatic rings. The van der Waals surface area contributed by atoms with E-state index in [-0.39, 0.29) is 17.0 Å². The first-order valence-electron chi connectivity index (χ1n) is 10.1. The summed E-state index contributed by atoms with van der Waals surface area (Å²) in [6, 6.07) is 40.4. The van der Waals surface area contributed by atoms with Crippen molar-refractivity contribution in [1.29, 1.82) is 0 Å². The minimum atomic E-state index is -1.95. The summed E-state index contributed by atoms with van der Waals surface area (Å²) in [6.45, 7) is 0. The first-order chi connectivity index (χ1) is 15.2. The van der Waals surface area contributed by atoms with Crippen LogP contribution in [-0.2, 0) is 6.16 Å². The van der Waals surface area contributed by atoms with Gasteiger partial charge in [0.15, 0.2) is 0 Å². The van der Waals surface area contributed by atoms with Gasteiger partial charge in [0.1, 0.15) is 23.2 Å². The number of halogens is 1. The van der Waals surface area contributed by atoms with E-state index in [4.69, 9.17) is 0 Å². The molecule has 0 atom stereocenters.